The molecule has 0 radical (unpaired) electrons. The van der Waals surface area contributed by atoms with E-state index in [1.165, 1.54) is 0 Å². The van der Waals surface area contributed by atoms with Crippen molar-refractivity contribution in [2.24, 2.45) is 0 Å². The van der Waals surface area contributed by atoms with Crippen LogP contribution < -0.4 is 14.2 Å². The van der Waals surface area contributed by atoms with E-state index in [9.17, 15) is 4.79 Å². The van der Waals surface area contributed by atoms with Gasteiger partial charge in [-0.15, -0.1) is 0 Å². The van der Waals surface area contributed by atoms with Gasteiger partial charge in [-0.1, -0.05) is 0 Å². The molecule has 0 spiro atoms. The van der Waals surface area contributed by atoms with Crippen LogP contribution in [0.25, 0.3) is 0 Å². The van der Waals surface area contributed by atoms with E-state index in [0.717, 1.165) is 51.4 Å². The van der Waals surface area contributed by atoms with E-state index < -0.39 is 0 Å². The van der Waals surface area contributed by atoms with Crippen LogP contribution in [0.3, 0.4) is 0 Å². The van der Waals surface area contributed by atoms with Crippen molar-refractivity contribution in [1.29, 1.82) is 0 Å². The highest BCUT2D eigenvalue weighted by molar-refractivity contribution is 5.79. The summed E-state index contributed by atoms with van der Waals surface area (Å²) < 4.78 is 27.5. The van der Waals surface area contributed by atoms with E-state index in [1.807, 2.05) is 17.0 Å². The molecule has 1 aromatic carbocycles. The Kier molecular flexibility index (Phi) is 9.64. The van der Waals surface area contributed by atoms with Crippen molar-refractivity contribution >= 4 is 5.91 Å². The maximum absolute atomic E-state index is 12.8. The SMILES string of the molecule is COc1cc(CC(=O)N2CCC(OCCN3CCOCC3)C2)cc(OC)c1OC.O. The van der Waals surface area contributed by atoms with E-state index in [1.54, 1.807) is 21.3 Å². The van der Waals surface area contributed by atoms with Crippen molar-refractivity contribution in [2.45, 2.75) is 18.9 Å². The second-order valence-corrected chi connectivity index (χ2v) is 7.29. The van der Waals surface area contributed by atoms with Gasteiger partial charge in [0.25, 0.3) is 0 Å². The van der Waals surface area contributed by atoms with Gasteiger partial charge in [0, 0.05) is 32.7 Å². The number of hydrogen-bond acceptors (Lipinski definition) is 7. The Morgan fingerprint density at radius 2 is 1.73 bits per heavy atom. The van der Waals surface area contributed by atoms with E-state index in [4.69, 9.17) is 23.7 Å². The fourth-order valence-electron chi connectivity index (χ4n) is 3.79. The Bertz CT molecular complexity index is 654. The van der Waals surface area contributed by atoms with Gasteiger partial charge in [0.15, 0.2) is 11.5 Å². The molecule has 2 aliphatic heterocycles. The third-order valence-electron chi connectivity index (χ3n) is 5.44. The van der Waals surface area contributed by atoms with Gasteiger partial charge in [-0.25, -0.2) is 0 Å². The average Bonchev–Trinajstić information content (AvgIpc) is 3.23. The molecule has 0 aliphatic carbocycles. The molecule has 9 nitrogen and oxygen atoms in total. The molecule has 1 amide bonds. The van der Waals surface area contributed by atoms with Crippen molar-refractivity contribution in [2.75, 3.05) is 73.9 Å². The summed E-state index contributed by atoms with van der Waals surface area (Å²) in [6.07, 6.45) is 1.28. The van der Waals surface area contributed by atoms with Crippen LogP contribution in [0.1, 0.15) is 12.0 Å². The Morgan fingerprint density at radius 1 is 1.07 bits per heavy atom. The molecule has 2 saturated heterocycles. The number of benzene rings is 1. The Morgan fingerprint density at radius 3 is 2.33 bits per heavy atom. The number of amides is 1. The number of morpholine rings is 1. The summed E-state index contributed by atoms with van der Waals surface area (Å²) in [7, 11) is 4.71. The molecule has 0 aromatic heterocycles. The summed E-state index contributed by atoms with van der Waals surface area (Å²) in [6.45, 7) is 6.51. The summed E-state index contributed by atoms with van der Waals surface area (Å²) in [5, 5.41) is 0. The molecule has 1 atom stereocenters. The molecular formula is C21H34N2O7. The lowest BCUT2D eigenvalue weighted by molar-refractivity contribution is -0.130. The number of ether oxygens (including phenoxy) is 5. The molecule has 1 unspecified atom stereocenters. The molecule has 9 heteroatoms. The molecular weight excluding hydrogens is 392 g/mol. The van der Waals surface area contributed by atoms with Gasteiger partial charge >= 0.3 is 0 Å². The number of rotatable bonds is 9. The average molecular weight is 427 g/mol. The Hall–Kier alpha value is -2.07. The topological polar surface area (TPSA) is 101 Å². The first-order chi connectivity index (χ1) is 14.1. The van der Waals surface area contributed by atoms with Crippen LogP contribution in [-0.4, -0.2) is 101 Å². The van der Waals surface area contributed by atoms with Crippen LogP contribution in [0, 0.1) is 0 Å². The molecule has 2 N–H and O–H groups in total. The first kappa shape index (κ1) is 24.2. The third kappa shape index (κ3) is 6.21. The number of likely N-dealkylation sites (tertiary alicyclic amines) is 1. The van der Waals surface area contributed by atoms with Gasteiger partial charge in [-0.2, -0.15) is 0 Å². The number of nitrogens with zero attached hydrogens (tertiary/aromatic N) is 2. The Balaban J connectivity index is 0.00000320. The number of hydrogen-bond donors (Lipinski definition) is 0. The molecule has 2 aliphatic rings. The number of methoxy groups -OCH3 is 3. The lowest BCUT2D eigenvalue weighted by Gasteiger charge is -2.26. The maximum atomic E-state index is 12.8. The third-order valence-corrected chi connectivity index (χ3v) is 5.44. The fourth-order valence-corrected chi connectivity index (χ4v) is 3.79. The van der Waals surface area contributed by atoms with Gasteiger partial charge in [-0.3, -0.25) is 9.69 Å². The summed E-state index contributed by atoms with van der Waals surface area (Å²) >= 11 is 0. The highest BCUT2D eigenvalue weighted by atomic mass is 16.5. The largest absolute Gasteiger partial charge is 0.493 e. The molecule has 30 heavy (non-hydrogen) atoms. The van der Waals surface area contributed by atoms with Gasteiger partial charge in [0.05, 0.1) is 53.7 Å². The maximum Gasteiger partial charge on any atom is 0.227 e. The first-order valence-electron chi connectivity index (χ1n) is 10.1. The van der Waals surface area contributed by atoms with Crippen molar-refractivity contribution in [3.05, 3.63) is 17.7 Å². The van der Waals surface area contributed by atoms with E-state index in [2.05, 4.69) is 4.90 Å². The Labute approximate surface area is 178 Å². The van der Waals surface area contributed by atoms with E-state index in [-0.39, 0.29) is 23.9 Å². The lowest BCUT2D eigenvalue weighted by atomic mass is 10.1. The minimum Gasteiger partial charge on any atom is -0.493 e. The lowest BCUT2D eigenvalue weighted by Crippen LogP contribution is -2.39. The van der Waals surface area contributed by atoms with Crippen LogP contribution in [0.4, 0.5) is 0 Å². The highest BCUT2D eigenvalue weighted by Crippen LogP contribution is 2.38. The molecule has 2 fully saturated rings. The molecule has 0 saturated carbocycles. The van der Waals surface area contributed by atoms with E-state index in [0.29, 0.717) is 30.4 Å². The smallest absolute Gasteiger partial charge is 0.227 e. The molecule has 3 rings (SSSR count). The normalized spacial score (nSPS) is 19.3. The molecule has 2 heterocycles. The zero-order valence-electron chi connectivity index (χ0n) is 18.1. The minimum absolute atomic E-state index is 0. The predicted molar refractivity (Wildman–Crippen MR) is 112 cm³/mol. The monoisotopic (exact) mass is 426 g/mol. The number of carbonyl (C=O) groups excluding carboxylic acids is 1. The standard InChI is InChI=1S/C21H32N2O6.H2O/c1-25-18-12-16(13-19(26-2)21(18)27-3)14-20(24)23-5-4-17(15-23)29-11-8-22-6-9-28-10-7-22;/h12-13,17H,4-11,14-15H2,1-3H3;1H2. The zero-order chi connectivity index (χ0) is 20.6. The van der Waals surface area contributed by atoms with Gasteiger partial charge in [0.1, 0.15) is 0 Å². The van der Waals surface area contributed by atoms with Crippen LogP contribution in [0.2, 0.25) is 0 Å². The quantitative estimate of drug-likeness (QED) is 0.563. The summed E-state index contributed by atoms with van der Waals surface area (Å²) in [6, 6.07) is 3.65. The molecule has 170 valence electrons. The predicted octanol–water partition coefficient (Wildman–Crippen LogP) is 0.380. The molecule has 1 aromatic rings. The second kappa shape index (κ2) is 11.9. The van der Waals surface area contributed by atoms with Gasteiger partial charge in [0.2, 0.25) is 11.7 Å². The zero-order valence-corrected chi connectivity index (χ0v) is 18.1. The van der Waals surface area contributed by atoms with Crippen LogP contribution in [0.5, 0.6) is 17.2 Å². The van der Waals surface area contributed by atoms with Crippen LogP contribution >= 0.6 is 0 Å². The summed E-state index contributed by atoms with van der Waals surface area (Å²) in [5.74, 6) is 1.72. The summed E-state index contributed by atoms with van der Waals surface area (Å²) in [5.41, 5.74) is 0.834. The van der Waals surface area contributed by atoms with Crippen LogP contribution in [-0.2, 0) is 20.7 Å². The van der Waals surface area contributed by atoms with Crippen molar-refractivity contribution in [3.8, 4) is 17.2 Å². The first-order valence-corrected chi connectivity index (χ1v) is 10.1. The van der Waals surface area contributed by atoms with E-state index >= 15 is 0 Å². The van der Waals surface area contributed by atoms with Gasteiger partial charge in [-0.05, 0) is 24.1 Å². The van der Waals surface area contributed by atoms with Gasteiger partial charge < -0.3 is 34.1 Å². The van der Waals surface area contributed by atoms with Crippen LogP contribution in [0.15, 0.2) is 12.1 Å². The minimum atomic E-state index is 0. The van der Waals surface area contributed by atoms with Crippen molar-refractivity contribution < 1.29 is 34.0 Å². The van der Waals surface area contributed by atoms with Crippen molar-refractivity contribution in [3.63, 3.8) is 0 Å². The second-order valence-electron chi connectivity index (χ2n) is 7.29. The molecule has 0 bridgehead atoms. The fraction of sp³-hybridized carbons (Fsp3) is 0.667. The summed E-state index contributed by atoms with van der Waals surface area (Å²) in [4.78, 5) is 17.0. The highest BCUT2D eigenvalue weighted by Gasteiger charge is 2.27. The van der Waals surface area contributed by atoms with Crippen molar-refractivity contribution in [1.82, 2.24) is 9.80 Å². The number of carbonyl (C=O) groups is 1.